The molecule has 0 bridgehead atoms. The van der Waals surface area contributed by atoms with Gasteiger partial charge >= 0.3 is 5.97 Å². The fourth-order valence-corrected chi connectivity index (χ4v) is 2.76. The van der Waals surface area contributed by atoms with Crippen LogP contribution in [0, 0.1) is 0 Å². The van der Waals surface area contributed by atoms with Crippen molar-refractivity contribution in [1.29, 1.82) is 0 Å². The number of unbranched alkanes of at least 4 members (excludes halogenated alkanes) is 1. The van der Waals surface area contributed by atoms with Crippen LogP contribution in [0.4, 0.5) is 0 Å². The monoisotopic (exact) mass is 304 g/mol. The molecule has 1 aromatic carbocycles. The molecule has 2 heterocycles. The summed E-state index contributed by atoms with van der Waals surface area (Å²) in [6.45, 7) is 5.22. The van der Waals surface area contributed by atoms with E-state index >= 15 is 0 Å². The summed E-state index contributed by atoms with van der Waals surface area (Å²) in [6.07, 6.45) is 1.68. The first-order chi connectivity index (χ1) is 10.6. The number of aromatic nitrogens is 2. The van der Waals surface area contributed by atoms with Crippen LogP contribution in [0.1, 0.15) is 44.9 Å². The molecule has 22 heavy (non-hydrogen) atoms. The lowest BCUT2D eigenvalue weighted by atomic mass is 10.2. The number of ether oxygens (including phenoxy) is 2. The molecule has 0 amide bonds. The lowest BCUT2D eigenvalue weighted by Crippen LogP contribution is -2.06. The number of rotatable bonds is 6. The van der Waals surface area contributed by atoms with E-state index in [1.165, 1.54) is 0 Å². The maximum absolute atomic E-state index is 10.6. The third-order valence-corrected chi connectivity index (χ3v) is 3.81. The van der Waals surface area contributed by atoms with Gasteiger partial charge < -0.3 is 19.1 Å². The first-order valence-electron chi connectivity index (χ1n) is 7.58. The second-order valence-electron chi connectivity index (χ2n) is 5.82. The summed E-state index contributed by atoms with van der Waals surface area (Å²) in [5.74, 6) is 2.04. The molecule has 1 aliphatic heterocycles. The largest absolute Gasteiger partial charge is 0.481 e. The van der Waals surface area contributed by atoms with Crippen LogP contribution < -0.4 is 9.47 Å². The summed E-state index contributed by atoms with van der Waals surface area (Å²) < 4.78 is 13.0. The van der Waals surface area contributed by atoms with Crippen molar-refractivity contribution in [2.75, 3.05) is 6.79 Å². The van der Waals surface area contributed by atoms with Gasteiger partial charge in [0.05, 0.1) is 11.0 Å². The summed E-state index contributed by atoms with van der Waals surface area (Å²) in [4.78, 5) is 15.3. The number of nitrogens with zero attached hydrogens (tertiary/aromatic N) is 2. The Kier molecular flexibility index (Phi) is 3.92. The predicted octanol–water partition coefficient (Wildman–Crippen LogP) is 3.14. The minimum Gasteiger partial charge on any atom is -0.481 e. The van der Waals surface area contributed by atoms with E-state index in [0.717, 1.165) is 41.3 Å². The van der Waals surface area contributed by atoms with E-state index in [2.05, 4.69) is 18.4 Å². The number of carboxylic acids is 1. The molecule has 118 valence electrons. The van der Waals surface area contributed by atoms with Crippen LogP contribution in [0.2, 0.25) is 0 Å². The average Bonchev–Trinajstić information content (AvgIpc) is 3.04. The van der Waals surface area contributed by atoms with Gasteiger partial charge in [-0.15, -0.1) is 0 Å². The Hall–Kier alpha value is -2.24. The van der Waals surface area contributed by atoms with Gasteiger partial charge in [-0.1, -0.05) is 13.8 Å². The van der Waals surface area contributed by atoms with Crippen molar-refractivity contribution in [3.63, 3.8) is 0 Å². The summed E-state index contributed by atoms with van der Waals surface area (Å²) in [6, 6.07) is 3.88. The van der Waals surface area contributed by atoms with Crippen molar-refractivity contribution in [1.82, 2.24) is 9.55 Å². The van der Waals surface area contributed by atoms with Gasteiger partial charge in [-0.2, -0.15) is 0 Å². The van der Waals surface area contributed by atoms with E-state index in [-0.39, 0.29) is 13.2 Å². The zero-order valence-electron chi connectivity index (χ0n) is 12.8. The molecule has 0 spiro atoms. The first-order valence-corrected chi connectivity index (χ1v) is 7.58. The van der Waals surface area contributed by atoms with E-state index in [0.29, 0.717) is 12.3 Å². The predicted molar refractivity (Wildman–Crippen MR) is 81.4 cm³/mol. The van der Waals surface area contributed by atoms with Gasteiger partial charge in [-0.3, -0.25) is 4.79 Å². The Morgan fingerprint density at radius 1 is 1.32 bits per heavy atom. The molecule has 6 nitrogen and oxygen atoms in total. The fourth-order valence-electron chi connectivity index (χ4n) is 2.76. The molecule has 0 atom stereocenters. The number of benzene rings is 1. The standard InChI is InChI=1S/C16H20N2O4/c1-10(2)16-17-11-7-13-14(22-9-21-13)8-12(11)18(16)6-4-3-5-15(19)20/h7-8,10H,3-6,9H2,1-2H3,(H,19,20). The second kappa shape index (κ2) is 5.87. The molecule has 1 N–H and O–H groups in total. The van der Waals surface area contributed by atoms with Crippen molar-refractivity contribution in [3.8, 4) is 11.5 Å². The molecule has 0 radical (unpaired) electrons. The van der Waals surface area contributed by atoms with E-state index in [9.17, 15) is 4.79 Å². The van der Waals surface area contributed by atoms with Gasteiger partial charge in [-0.25, -0.2) is 4.98 Å². The number of carboxylic acid groups (broad SMARTS) is 1. The van der Waals surface area contributed by atoms with Crippen molar-refractivity contribution >= 4 is 17.0 Å². The smallest absolute Gasteiger partial charge is 0.303 e. The molecule has 1 aliphatic rings. The van der Waals surface area contributed by atoms with Gasteiger partial charge in [-0.05, 0) is 12.8 Å². The Balaban J connectivity index is 1.91. The van der Waals surface area contributed by atoms with Gasteiger partial charge in [0.25, 0.3) is 0 Å². The van der Waals surface area contributed by atoms with Crippen LogP contribution in [0.5, 0.6) is 11.5 Å². The molecule has 3 rings (SSSR count). The molecule has 0 fully saturated rings. The molecule has 0 saturated carbocycles. The van der Waals surface area contributed by atoms with E-state index in [1.807, 2.05) is 12.1 Å². The van der Waals surface area contributed by atoms with Gasteiger partial charge in [0.1, 0.15) is 5.82 Å². The Morgan fingerprint density at radius 2 is 2.05 bits per heavy atom. The number of imidazole rings is 1. The molecular weight excluding hydrogens is 284 g/mol. The molecule has 0 saturated heterocycles. The van der Waals surface area contributed by atoms with Crippen LogP contribution in [0.15, 0.2) is 12.1 Å². The van der Waals surface area contributed by atoms with Gasteiger partial charge in [0.2, 0.25) is 6.79 Å². The summed E-state index contributed by atoms with van der Waals surface area (Å²) in [5.41, 5.74) is 1.91. The SMILES string of the molecule is CC(C)c1nc2cc3c(cc2n1CCCCC(=O)O)OCO3. The third-order valence-electron chi connectivity index (χ3n) is 3.81. The van der Waals surface area contributed by atoms with E-state index in [1.54, 1.807) is 0 Å². The number of aliphatic carboxylic acids is 1. The normalized spacial score (nSPS) is 13.2. The van der Waals surface area contributed by atoms with Crippen molar-refractivity contribution in [2.24, 2.45) is 0 Å². The third kappa shape index (κ3) is 2.73. The Bertz CT molecular complexity index is 706. The number of aryl methyl sites for hydroxylation is 1. The zero-order chi connectivity index (χ0) is 15.7. The van der Waals surface area contributed by atoms with Crippen LogP contribution in [-0.4, -0.2) is 27.4 Å². The highest BCUT2D eigenvalue weighted by atomic mass is 16.7. The number of hydrogen-bond acceptors (Lipinski definition) is 4. The minimum atomic E-state index is -0.747. The van der Waals surface area contributed by atoms with Gasteiger partial charge in [0, 0.05) is 31.0 Å². The van der Waals surface area contributed by atoms with Gasteiger partial charge in [0.15, 0.2) is 11.5 Å². The minimum absolute atomic E-state index is 0.204. The molecule has 1 aromatic heterocycles. The van der Waals surface area contributed by atoms with Crippen molar-refractivity contribution in [3.05, 3.63) is 18.0 Å². The van der Waals surface area contributed by atoms with E-state index in [4.69, 9.17) is 19.6 Å². The highest BCUT2D eigenvalue weighted by Crippen LogP contribution is 2.37. The molecule has 2 aromatic rings. The summed E-state index contributed by atoms with van der Waals surface area (Å²) >= 11 is 0. The quantitative estimate of drug-likeness (QED) is 0.830. The van der Waals surface area contributed by atoms with Crippen LogP contribution in [-0.2, 0) is 11.3 Å². The number of carbonyl (C=O) groups is 1. The first kappa shape index (κ1) is 14.7. The highest BCUT2D eigenvalue weighted by molar-refractivity contribution is 5.81. The lowest BCUT2D eigenvalue weighted by molar-refractivity contribution is -0.137. The van der Waals surface area contributed by atoms with Crippen molar-refractivity contribution in [2.45, 2.75) is 45.6 Å². The summed E-state index contributed by atoms with van der Waals surface area (Å²) in [7, 11) is 0. The maximum Gasteiger partial charge on any atom is 0.303 e. The Labute approximate surface area is 128 Å². The molecule has 6 heteroatoms. The zero-order valence-corrected chi connectivity index (χ0v) is 12.8. The number of hydrogen-bond donors (Lipinski definition) is 1. The van der Waals surface area contributed by atoms with Crippen LogP contribution in [0.3, 0.4) is 0 Å². The van der Waals surface area contributed by atoms with Crippen molar-refractivity contribution < 1.29 is 19.4 Å². The topological polar surface area (TPSA) is 73.6 Å². The highest BCUT2D eigenvalue weighted by Gasteiger charge is 2.20. The maximum atomic E-state index is 10.6. The van der Waals surface area contributed by atoms with E-state index < -0.39 is 5.97 Å². The molecule has 0 unspecified atom stereocenters. The van der Waals surface area contributed by atoms with Crippen LogP contribution >= 0.6 is 0 Å². The fraction of sp³-hybridized carbons (Fsp3) is 0.500. The Morgan fingerprint density at radius 3 is 2.73 bits per heavy atom. The summed E-state index contributed by atoms with van der Waals surface area (Å²) in [5, 5.41) is 8.74. The molecular formula is C16H20N2O4. The second-order valence-corrected chi connectivity index (χ2v) is 5.82. The average molecular weight is 304 g/mol. The molecule has 0 aliphatic carbocycles. The van der Waals surface area contributed by atoms with Crippen LogP contribution in [0.25, 0.3) is 11.0 Å². The number of fused-ring (bicyclic) bond motifs is 2. The lowest BCUT2D eigenvalue weighted by Gasteiger charge is -2.11.